The molecule has 9 aromatic rings. The van der Waals surface area contributed by atoms with Crippen LogP contribution in [0.5, 0.6) is 0 Å². The number of hydrogen-bond donors (Lipinski definition) is 0. The van der Waals surface area contributed by atoms with Crippen molar-refractivity contribution in [2.24, 2.45) is 0 Å². The van der Waals surface area contributed by atoms with Crippen molar-refractivity contribution in [3.8, 4) is 33.9 Å². The Morgan fingerprint density at radius 2 is 1.10 bits per heavy atom. The summed E-state index contributed by atoms with van der Waals surface area (Å²) in [6.07, 6.45) is 3.83. The first kappa shape index (κ1) is 28.2. The molecular weight excluding hydrogens is 585 g/mol. The molecule has 0 amide bonds. The average Bonchev–Trinajstić information content (AvgIpc) is 3.64. The molecule has 9 rings (SSSR count). The fourth-order valence-electron chi connectivity index (χ4n) is 7.23. The molecule has 0 aliphatic heterocycles. The minimum Gasteiger partial charge on any atom is -0.309 e. The molecule has 0 aliphatic carbocycles. The van der Waals surface area contributed by atoms with E-state index in [1.54, 1.807) is 0 Å². The van der Waals surface area contributed by atoms with E-state index in [0.29, 0.717) is 0 Å². The van der Waals surface area contributed by atoms with E-state index in [9.17, 15) is 0 Å². The second kappa shape index (κ2) is 10.8. The molecule has 0 aliphatic rings. The first-order valence-corrected chi connectivity index (χ1v) is 16.5. The lowest BCUT2D eigenvalue weighted by Crippen LogP contribution is -2.12. The average molecular weight is 619 g/mol. The number of hydrogen-bond acceptors (Lipinski definition) is 2. The Morgan fingerprint density at radius 3 is 1.85 bits per heavy atom. The Balaban J connectivity index is 1.31. The van der Waals surface area contributed by atoms with E-state index in [0.717, 1.165) is 50.4 Å². The molecule has 0 radical (unpaired) electrons. The van der Waals surface area contributed by atoms with E-state index in [1.165, 1.54) is 32.6 Å². The number of rotatable bonds is 4. The Kier molecular flexibility index (Phi) is 6.34. The Hall–Kier alpha value is -6.00. The second-order valence-corrected chi connectivity index (χ2v) is 13.6. The van der Waals surface area contributed by atoms with Gasteiger partial charge in [-0.1, -0.05) is 112 Å². The first-order valence-electron chi connectivity index (χ1n) is 16.5. The largest absolute Gasteiger partial charge is 0.309 e. The van der Waals surface area contributed by atoms with Gasteiger partial charge in [-0.15, -0.1) is 0 Å². The quantitative estimate of drug-likeness (QED) is 0.197. The van der Waals surface area contributed by atoms with Crippen LogP contribution in [0.2, 0.25) is 0 Å². The zero-order valence-corrected chi connectivity index (χ0v) is 27.2. The molecule has 0 unspecified atom stereocenters. The number of nitrogens with zero attached hydrogens (tertiary/aromatic N) is 4. The van der Waals surface area contributed by atoms with E-state index in [2.05, 4.69) is 163 Å². The molecule has 0 saturated heterocycles. The highest BCUT2D eigenvalue weighted by atomic mass is 15.1. The van der Waals surface area contributed by atoms with Gasteiger partial charge in [-0.05, 0) is 65.1 Å². The number of fused-ring (bicyclic) bond motifs is 6. The zero-order chi connectivity index (χ0) is 32.4. The minimum absolute atomic E-state index is 0.0102. The molecule has 0 saturated carbocycles. The Bertz CT molecular complexity index is 2650. The molecule has 0 fully saturated rings. The zero-order valence-electron chi connectivity index (χ0n) is 27.2. The number of aromatic nitrogens is 4. The summed E-state index contributed by atoms with van der Waals surface area (Å²) in [5, 5.41) is 4.87. The van der Waals surface area contributed by atoms with Gasteiger partial charge in [-0.2, -0.15) is 0 Å². The van der Waals surface area contributed by atoms with Crippen LogP contribution in [-0.4, -0.2) is 19.1 Å². The van der Waals surface area contributed by atoms with Crippen LogP contribution in [0.15, 0.2) is 152 Å². The van der Waals surface area contributed by atoms with E-state index in [1.807, 2.05) is 18.5 Å². The normalized spacial score (nSPS) is 12.1. The summed E-state index contributed by atoms with van der Waals surface area (Å²) in [5.41, 5.74) is 11.3. The standard InChI is InChI=1S/C44H34N4/c1-44(2,3)31-23-25-45-42(27-31)48-39-18-10-8-15-35(39)37-22-20-32(28-41(37)48)47-38-17-9-7-14-34(38)36-21-19-30(26-40(36)47)43-33(16-11-24-46-43)29-12-5-4-6-13-29/h4-28H,1-3H3. The molecule has 0 atom stereocenters. The predicted octanol–water partition coefficient (Wildman–Crippen LogP) is 11.3. The summed E-state index contributed by atoms with van der Waals surface area (Å²) < 4.78 is 4.72. The van der Waals surface area contributed by atoms with E-state index in [-0.39, 0.29) is 5.41 Å². The van der Waals surface area contributed by atoms with Crippen molar-refractivity contribution in [1.29, 1.82) is 0 Å². The third-order valence-electron chi connectivity index (χ3n) is 9.60. The van der Waals surface area contributed by atoms with Crippen LogP contribution in [0, 0.1) is 0 Å². The van der Waals surface area contributed by atoms with Gasteiger partial charge in [0.25, 0.3) is 0 Å². The molecule has 230 valence electrons. The second-order valence-electron chi connectivity index (χ2n) is 13.6. The van der Waals surface area contributed by atoms with Crippen molar-refractivity contribution in [2.75, 3.05) is 0 Å². The van der Waals surface area contributed by atoms with Crippen molar-refractivity contribution < 1.29 is 0 Å². The van der Waals surface area contributed by atoms with Crippen LogP contribution in [0.3, 0.4) is 0 Å². The van der Waals surface area contributed by atoms with Gasteiger partial charge >= 0.3 is 0 Å². The molecule has 4 heteroatoms. The molecule has 4 nitrogen and oxygen atoms in total. The van der Waals surface area contributed by atoms with Gasteiger partial charge in [-0.3, -0.25) is 9.55 Å². The van der Waals surface area contributed by atoms with Crippen LogP contribution >= 0.6 is 0 Å². The lowest BCUT2D eigenvalue weighted by molar-refractivity contribution is 0.588. The van der Waals surface area contributed by atoms with Crippen LogP contribution in [-0.2, 0) is 5.41 Å². The van der Waals surface area contributed by atoms with E-state index in [4.69, 9.17) is 9.97 Å². The van der Waals surface area contributed by atoms with Gasteiger partial charge in [0.2, 0.25) is 0 Å². The van der Waals surface area contributed by atoms with Crippen LogP contribution in [0.1, 0.15) is 26.3 Å². The van der Waals surface area contributed by atoms with E-state index >= 15 is 0 Å². The van der Waals surface area contributed by atoms with Gasteiger partial charge < -0.3 is 4.57 Å². The third kappa shape index (κ3) is 4.44. The third-order valence-corrected chi connectivity index (χ3v) is 9.60. The van der Waals surface area contributed by atoms with E-state index < -0.39 is 0 Å². The molecule has 0 N–H and O–H groups in total. The van der Waals surface area contributed by atoms with Gasteiger partial charge in [0.05, 0.1) is 27.8 Å². The van der Waals surface area contributed by atoms with Gasteiger partial charge in [0, 0.05) is 50.8 Å². The first-order chi connectivity index (χ1) is 23.5. The summed E-state index contributed by atoms with van der Waals surface area (Å²) in [6, 6.07) is 50.0. The topological polar surface area (TPSA) is 35.6 Å². The maximum absolute atomic E-state index is 4.92. The summed E-state index contributed by atoms with van der Waals surface area (Å²) in [6.45, 7) is 6.75. The summed E-state index contributed by atoms with van der Waals surface area (Å²) in [4.78, 5) is 9.82. The Morgan fingerprint density at radius 1 is 0.458 bits per heavy atom. The highest BCUT2D eigenvalue weighted by Crippen LogP contribution is 2.39. The fraction of sp³-hybridized carbons (Fsp3) is 0.0909. The predicted molar refractivity (Wildman–Crippen MR) is 200 cm³/mol. The minimum atomic E-state index is 0.0102. The number of para-hydroxylation sites is 2. The fourth-order valence-corrected chi connectivity index (χ4v) is 7.23. The van der Waals surface area contributed by atoms with Crippen molar-refractivity contribution >= 4 is 43.6 Å². The molecule has 5 aromatic carbocycles. The smallest absolute Gasteiger partial charge is 0.137 e. The maximum atomic E-state index is 4.92. The van der Waals surface area contributed by atoms with Gasteiger partial charge in [0.1, 0.15) is 5.82 Å². The lowest BCUT2D eigenvalue weighted by Gasteiger charge is -2.20. The summed E-state index contributed by atoms with van der Waals surface area (Å²) in [7, 11) is 0. The lowest BCUT2D eigenvalue weighted by atomic mass is 9.88. The highest BCUT2D eigenvalue weighted by molar-refractivity contribution is 6.12. The molecular formula is C44H34N4. The van der Waals surface area contributed by atoms with Crippen molar-refractivity contribution in [2.45, 2.75) is 26.2 Å². The van der Waals surface area contributed by atoms with Gasteiger partial charge in [0.15, 0.2) is 0 Å². The van der Waals surface area contributed by atoms with Crippen molar-refractivity contribution in [3.05, 3.63) is 157 Å². The van der Waals surface area contributed by atoms with Crippen LogP contribution < -0.4 is 0 Å². The molecule has 48 heavy (non-hydrogen) atoms. The molecule has 4 heterocycles. The van der Waals surface area contributed by atoms with Crippen LogP contribution in [0.4, 0.5) is 0 Å². The monoisotopic (exact) mass is 618 g/mol. The van der Waals surface area contributed by atoms with Crippen molar-refractivity contribution in [3.63, 3.8) is 0 Å². The highest BCUT2D eigenvalue weighted by Gasteiger charge is 2.20. The molecule has 4 aromatic heterocycles. The number of benzene rings is 5. The summed E-state index contributed by atoms with van der Waals surface area (Å²) >= 11 is 0. The SMILES string of the molecule is CC(C)(C)c1ccnc(-n2c3ccccc3c3ccc(-n4c5ccccc5c5ccc(-c6ncccc6-c6ccccc6)cc54)cc32)c1. The molecule has 0 spiro atoms. The van der Waals surface area contributed by atoms with Crippen molar-refractivity contribution in [1.82, 2.24) is 19.1 Å². The van der Waals surface area contributed by atoms with Crippen LogP contribution in [0.25, 0.3) is 77.5 Å². The number of pyridine rings is 2. The maximum Gasteiger partial charge on any atom is 0.137 e. The summed E-state index contributed by atoms with van der Waals surface area (Å²) in [5.74, 6) is 0.930. The Labute approximate surface area is 279 Å². The van der Waals surface area contributed by atoms with Gasteiger partial charge in [-0.25, -0.2) is 4.98 Å². The molecule has 0 bridgehead atoms.